The van der Waals surface area contributed by atoms with Gasteiger partial charge in [0.1, 0.15) is 4.60 Å². The van der Waals surface area contributed by atoms with E-state index in [0.717, 1.165) is 9.79 Å². The molecule has 110 valence electrons. The Morgan fingerprint density at radius 2 is 1.77 bits per heavy atom. The first kappa shape index (κ1) is 14.9. The summed E-state index contributed by atoms with van der Waals surface area (Å²) in [5.41, 5.74) is -0.360. The van der Waals surface area contributed by atoms with Crippen molar-refractivity contribution in [2.75, 3.05) is 0 Å². The third-order valence-electron chi connectivity index (χ3n) is 3.08. The molecule has 1 aromatic heterocycles. The number of aromatic carboxylic acids is 1. The predicted molar refractivity (Wildman–Crippen MR) is 88.6 cm³/mol. The molecule has 22 heavy (non-hydrogen) atoms. The standard InChI is InChI=1S/C16H10BrNO3S/c17-15-11-7-6-10(22-9-4-2-1-3-5-9)8-12(11)14(19)13(18-15)16(20)21/h1-8,19H,(H,20,21). The molecular formula is C16H10BrNO3S. The van der Waals surface area contributed by atoms with Gasteiger partial charge in [0, 0.05) is 20.6 Å². The Morgan fingerprint density at radius 3 is 2.45 bits per heavy atom. The minimum absolute atomic E-state index is 0.318. The molecule has 0 saturated carbocycles. The van der Waals surface area contributed by atoms with E-state index in [9.17, 15) is 9.90 Å². The summed E-state index contributed by atoms with van der Waals surface area (Å²) in [6, 6.07) is 15.3. The lowest BCUT2D eigenvalue weighted by Crippen LogP contribution is -2.01. The number of nitrogens with zero attached hydrogens (tertiary/aromatic N) is 1. The fourth-order valence-electron chi connectivity index (χ4n) is 2.08. The molecule has 0 unspecified atom stereocenters. The minimum atomic E-state index is -1.26. The van der Waals surface area contributed by atoms with Crippen molar-refractivity contribution in [2.45, 2.75) is 9.79 Å². The molecule has 0 aliphatic carbocycles. The van der Waals surface area contributed by atoms with E-state index in [0.29, 0.717) is 15.4 Å². The van der Waals surface area contributed by atoms with Crippen LogP contribution in [0.2, 0.25) is 0 Å². The molecule has 0 aliphatic heterocycles. The summed E-state index contributed by atoms with van der Waals surface area (Å²) in [4.78, 5) is 17.0. The van der Waals surface area contributed by atoms with Crippen LogP contribution in [0.5, 0.6) is 5.75 Å². The SMILES string of the molecule is O=C(O)c1nc(Br)c2ccc(Sc3ccccc3)cc2c1O. The number of hydrogen-bond acceptors (Lipinski definition) is 4. The maximum atomic E-state index is 11.1. The van der Waals surface area contributed by atoms with E-state index in [-0.39, 0.29) is 11.4 Å². The molecule has 0 fully saturated rings. The number of aromatic nitrogens is 1. The highest BCUT2D eigenvalue weighted by molar-refractivity contribution is 9.10. The molecule has 3 rings (SSSR count). The van der Waals surface area contributed by atoms with Crippen molar-refractivity contribution < 1.29 is 15.0 Å². The van der Waals surface area contributed by atoms with Gasteiger partial charge in [0.15, 0.2) is 11.4 Å². The fraction of sp³-hybridized carbons (Fsp3) is 0. The number of pyridine rings is 1. The summed E-state index contributed by atoms with van der Waals surface area (Å²) >= 11 is 4.79. The molecule has 0 spiro atoms. The van der Waals surface area contributed by atoms with Crippen LogP contribution in [0.25, 0.3) is 10.8 Å². The van der Waals surface area contributed by atoms with Gasteiger partial charge in [0.05, 0.1) is 0 Å². The zero-order valence-corrected chi connectivity index (χ0v) is 13.6. The fourth-order valence-corrected chi connectivity index (χ4v) is 3.48. The summed E-state index contributed by atoms with van der Waals surface area (Å²) in [6.07, 6.45) is 0. The Morgan fingerprint density at radius 1 is 1.05 bits per heavy atom. The lowest BCUT2D eigenvalue weighted by Gasteiger charge is -2.08. The lowest BCUT2D eigenvalue weighted by atomic mass is 10.1. The highest BCUT2D eigenvalue weighted by atomic mass is 79.9. The van der Waals surface area contributed by atoms with E-state index in [2.05, 4.69) is 20.9 Å². The number of carbonyl (C=O) groups is 1. The molecule has 0 atom stereocenters. The summed E-state index contributed by atoms with van der Waals surface area (Å²) in [7, 11) is 0. The second-order valence-corrected chi connectivity index (χ2v) is 6.43. The number of aromatic hydroxyl groups is 1. The van der Waals surface area contributed by atoms with Gasteiger partial charge in [-0.2, -0.15) is 0 Å². The van der Waals surface area contributed by atoms with Crippen molar-refractivity contribution in [3.63, 3.8) is 0 Å². The van der Waals surface area contributed by atoms with Crippen LogP contribution in [0.4, 0.5) is 0 Å². The molecule has 0 saturated heterocycles. The number of hydrogen-bond donors (Lipinski definition) is 2. The first-order valence-corrected chi connectivity index (χ1v) is 7.95. The van der Waals surface area contributed by atoms with Gasteiger partial charge in [-0.3, -0.25) is 0 Å². The molecule has 0 bridgehead atoms. The molecule has 0 amide bonds. The van der Waals surface area contributed by atoms with Crippen LogP contribution in [-0.2, 0) is 0 Å². The Kier molecular flexibility index (Phi) is 4.04. The summed E-state index contributed by atoms with van der Waals surface area (Å²) in [5, 5.41) is 20.4. The van der Waals surface area contributed by atoms with Gasteiger partial charge in [0.25, 0.3) is 0 Å². The van der Waals surface area contributed by atoms with Gasteiger partial charge in [-0.1, -0.05) is 36.0 Å². The molecule has 0 aliphatic rings. The Labute approximate surface area is 138 Å². The zero-order chi connectivity index (χ0) is 15.7. The smallest absolute Gasteiger partial charge is 0.358 e. The van der Waals surface area contributed by atoms with Gasteiger partial charge < -0.3 is 10.2 Å². The number of carboxylic acid groups (broad SMARTS) is 1. The second-order valence-electron chi connectivity index (χ2n) is 4.53. The topological polar surface area (TPSA) is 70.4 Å². The van der Waals surface area contributed by atoms with E-state index in [1.807, 2.05) is 42.5 Å². The minimum Gasteiger partial charge on any atom is -0.505 e. The van der Waals surface area contributed by atoms with E-state index >= 15 is 0 Å². The Balaban J connectivity index is 2.12. The Bertz CT molecular complexity index is 868. The lowest BCUT2D eigenvalue weighted by molar-refractivity contribution is 0.0687. The van der Waals surface area contributed by atoms with E-state index in [1.54, 1.807) is 6.07 Å². The third-order valence-corrected chi connectivity index (χ3v) is 4.69. The van der Waals surface area contributed by atoms with Crippen LogP contribution < -0.4 is 0 Å². The molecule has 1 heterocycles. The summed E-state index contributed by atoms with van der Waals surface area (Å²) in [5.74, 6) is -1.58. The van der Waals surface area contributed by atoms with Crippen LogP contribution in [0.3, 0.4) is 0 Å². The van der Waals surface area contributed by atoms with Crippen LogP contribution >= 0.6 is 27.7 Å². The van der Waals surface area contributed by atoms with Gasteiger partial charge in [-0.25, -0.2) is 9.78 Å². The molecule has 4 nitrogen and oxygen atoms in total. The average molecular weight is 376 g/mol. The monoisotopic (exact) mass is 375 g/mol. The van der Waals surface area contributed by atoms with Crippen LogP contribution in [0, 0.1) is 0 Å². The van der Waals surface area contributed by atoms with E-state index < -0.39 is 5.97 Å². The highest BCUT2D eigenvalue weighted by Crippen LogP contribution is 2.36. The number of fused-ring (bicyclic) bond motifs is 1. The van der Waals surface area contributed by atoms with Crippen molar-refractivity contribution in [3.05, 3.63) is 58.8 Å². The van der Waals surface area contributed by atoms with Crippen molar-refractivity contribution in [2.24, 2.45) is 0 Å². The van der Waals surface area contributed by atoms with Crippen molar-refractivity contribution in [1.29, 1.82) is 0 Å². The number of carboxylic acids is 1. The van der Waals surface area contributed by atoms with Gasteiger partial charge in [-0.05, 0) is 40.2 Å². The van der Waals surface area contributed by atoms with Crippen molar-refractivity contribution in [3.8, 4) is 5.75 Å². The van der Waals surface area contributed by atoms with Gasteiger partial charge in [0.2, 0.25) is 0 Å². The second kappa shape index (κ2) is 5.98. The number of halogens is 1. The van der Waals surface area contributed by atoms with Gasteiger partial charge >= 0.3 is 5.97 Å². The van der Waals surface area contributed by atoms with Crippen LogP contribution in [0.1, 0.15) is 10.5 Å². The first-order valence-electron chi connectivity index (χ1n) is 6.34. The zero-order valence-electron chi connectivity index (χ0n) is 11.2. The largest absolute Gasteiger partial charge is 0.505 e. The normalized spacial score (nSPS) is 10.8. The molecule has 2 aromatic carbocycles. The average Bonchev–Trinajstić information content (AvgIpc) is 2.51. The predicted octanol–water partition coefficient (Wildman–Crippen LogP) is 4.55. The summed E-state index contributed by atoms with van der Waals surface area (Å²) in [6.45, 7) is 0. The maximum absolute atomic E-state index is 11.1. The Hall–Kier alpha value is -2.05. The van der Waals surface area contributed by atoms with E-state index in [4.69, 9.17) is 5.11 Å². The molecular weight excluding hydrogens is 366 g/mol. The molecule has 6 heteroatoms. The highest BCUT2D eigenvalue weighted by Gasteiger charge is 2.17. The maximum Gasteiger partial charge on any atom is 0.358 e. The first-order chi connectivity index (χ1) is 10.6. The molecule has 0 radical (unpaired) electrons. The van der Waals surface area contributed by atoms with Crippen molar-refractivity contribution >= 4 is 44.4 Å². The van der Waals surface area contributed by atoms with Gasteiger partial charge in [-0.15, -0.1) is 0 Å². The molecule has 2 N–H and O–H groups in total. The van der Waals surface area contributed by atoms with Crippen LogP contribution in [0.15, 0.2) is 62.9 Å². The van der Waals surface area contributed by atoms with E-state index in [1.165, 1.54) is 11.8 Å². The third kappa shape index (κ3) is 2.80. The van der Waals surface area contributed by atoms with Crippen molar-refractivity contribution in [1.82, 2.24) is 4.98 Å². The summed E-state index contributed by atoms with van der Waals surface area (Å²) < 4.78 is 0.397. The molecule has 3 aromatic rings. The number of rotatable bonds is 3. The quantitative estimate of drug-likeness (QED) is 0.657. The van der Waals surface area contributed by atoms with Crippen LogP contribution in [-0.4, -0.2) is 21.2 Å². The number of benzene rings is 2.